The summed E-state index contributed by atoms with van der Waals surface area (Å²) >= 11 is 3.21. The first-order valence-corrected chi connectivity index (χ1v) is 5.40. The van der Waals surface area contributed by atoms with E-state index in [4.69, 9.17) is 14.7 Å². The third-order valence-electron chi connectivity index (χ3n) is 2.12. The molecule has 0 atom stereocenters. The molecule has 1 rings (SSSR count). The number of benzene rings is 1. The molecule has 0 aliphatic carbocycles. The Hall–Kier alpha value is -1.28. The molecular weight excluding hydrogens is 277 g/mol. The minimum absolute atomic E-state index is 0.109. The van der Waals surface area contributed by atoms with Gasteiger partial charge in [0.2, 0.25) is 5.82 Å². The fraction of sp³-hybridized carbons (Fsp3) is 0.364. The number of halogens is 2. The van der Waals surface area contributed by atoms with Crippen LogP contribution in [0.15, 0.2) is 10.5 Å². The van der Waals surface area contributed by atoms with Crippen molar-refractivity contribution in [3.63, 3.8) is 0 Å². The Morgan fingerprint density at radius 1 is 1.38 bits per heavy atom. The van der Waals surface area contributed by atoms with E-state index in [9.17, 15) is 4.39 Å². The highest BCUT2D eigenvalue weighted by Gasteiger charge is 2.18. The number of nitriles is 1. The molecule has 0 saturated heterocycles. The Kier molecular flexibility index (Phi) is 4.56. The number of aryl methyl sites for hydroxylation is 1. The molecule has 0 unspecified atom stereocenters. The molecule has 0 aliphatic heterocycles. The van der Waals surface area contributed by atoms with Gasteiger partial charge in [0.15, 0.2) is 11.5 Å². The Morgan fingerprint density at radius 3 is 2.50 bits per heavy atom. The van der Waals surface area contributed by atoms with Crippen LogP contribution in [0.3, 0.4) is 0 Å². The van der Waals surface area contributed by atoms with Crippen molar-refractivity contribution in [3.05, 3.63) is 21.9 Å². The van der Waals surface area contributed by atoms with Gasteiger partial charge in [0.05, 0.1) is 24.8 Å². The summed E-state index contributed by atoms with van der Waals surface area (Å²) in [5.41, 5.74) is 0.647. The molecular formula is C11H11BrFNO2. The van der Waals surface area contributed by atoms with E-state index in [0.29, 0.717) is 22.9 Å². The fourth-order valence-corrected chi connectivity index (χ4v) is 2.03. The summed E-state index contributed by atoms with van der Waals surface area (Å²) in [6.07, 6.45) is 0.758. The molecule has 16 heavy (non-hydrogen) atoms. The van der Waals surface area contributed by atoms with Gasteiger partial charge in [-0.3, -0.25) is 0 Å². The number of hydrogen-bond acceptors (Lipinski definition) is 3. The monoisotopic (exact) mass is 287 g/mol. The van der Waals surface area contributed by atoms with Crippen LogP contribution in [-0.2, 0) is 6.42 Å². The first-order chi connectivity index (χ1) is 7.65. The first-order valence-electron chi connectivity index (χ1n) is 4.61. The maximum Gasteiger partial charge on any atom is 0.208 e. The lowest BCUT2D eigenvalue weighted by atomic mass is 10.1. The summed E-state index contributed by atoms with van der Waals surface area (Å²) < 4.78 is 24.3. The number of methoxy groups -OCH3 is 2. The summed E-state index contributed by atoms with van der Waals surface area (Å²) in [5.74, 6) is -0.305. The van der Waals surface area contributed by atoms with Gasteiger partial charge in [-0.25, -0.2) is 0 Å². The van der Waals surface area contributed by atoms with Crippen molar-refractivity contribution >= 4 is 15.9 Å². The van der Waals surface area contributed by atoms with Gasteiger partial charge in [0, 0.05) is 6.42 Å². The van der Waals surface area contributed by atoms with Crippen LogP contribution in [0.5, 0.6) is 11.5 Å². The largest absolute Gasteiger partial charge is 0.493 e. The van der Waals surface area contributed by atoms with Gasteiger partial charge in [0.1, 0.15) is 0 Å². The summed E-state index contributed by atoms with van der Waals surface area (Å²) in [4.78, 5) is 0. The molecule has 86 valence electrons. The molecule has 1 aromatic carbocycles. The van der Waals surface area contributed by atoms with Crippen LogP contribution in [-0.4, -0.2) is 14.2 Å². The summed E-state index contributed by atoms with van der Waals surface area (Å²) in [5, 5.41) is 8.51. The smallest absolute Gasteiger partial charge is 0.208 e. The average Bonchev–Trinajstić information content (AvgIpc) is 2.26. The summed E-state index contributed by atoms with van der Waals surface area (Å²) in [7, 11) is 2.78. The molecule has 0 heterocycles. The predicted molar refractivity (Wildman–Crippen MR) is 61.1 cm³/mol. The normalized spacial score (nSPS) is 9.69. The molecule has 0 bridgehead atoms. The maximum absolute atomic E-state index is 13.9. The van der Waals surface area contributed by atoms with Crippen LogP contribution in [0, 0.1) is 17.1 Å². The van der Waals surface area contributed by atoms with Gasteiger partial charge >= 0.3 is 0 Å². The van der Waals surface area contributed by atoms with Gasteiger partial charge in [0.25, 0.3) is 0 Å². The standard InChI is InChI=1S/C11H11BrFNO2/c1-15-10-7(4-3-5-14)6-8(12)11(16-2)9(10)13/h6H,3-4H2,1-2H3. The molecule has 0 saturated carbocycles. The molecule has 0 amide bonds. The SMILES string of the molecule is COc1c(Br)cc(CCC#N)c(OC)c1F. The van der Waals surface area contributed by atoms with E-state index in [1.54, 1.807) is 6.07 Å². The number of ether oxygens (including phenoxy) is 2. The highest BCUT2D eigenvalue weighted by molar-refractivity contribution is 9.10. The second-order valence-corrected chi connectivity index (χ2v) is 3.91. The minimum atomic E-state index is -0.549. The zero-order valence-corrected chi connectivity index (χ0v) is 10.6. The zero-order chi connectivity index (χ0) is 12.1. The van der Waals surface area contributed by atoms with Gasteiger partial charge in [-0.2, -0.15) is 9.65 Å². The van der Waals surface area contributed by atoms with E-state index < -0.39 is 5.82 Å². The van der Waals surface area contributed by atoms with Crippen LogP contribution in [0.25, 0.3) is 0 Å². The Labute approximate surface area is 102 Å². The van der Waals surface area contributed by atoms with E-state index >= 15 is 0 Å². The van der Waals surface area contributed by atoms with Crippen LogP contribution in [0.1, 0.15) is 12.0 Å². The Morgan fingerprint density at radius 2 is 2.00 bits per heavy atom. The molecule has 0 aromatic heterocycles. The number of hydrogen-bond donors (Lipinski definition) is 0. The predicted octanol–water partition coefficient (Wildman–Crippen LogP) is 3.06. The van der Waals surface area contributed by atoms with E-state index in [1.165, 1.54) is 14.2 Å². The topological polar surface area (TPSA) is 42.2 Å². The van der Waals surface area contributed by atoms with Crippen molar-refractivity contribution in [2.24, 2.45) is 0 Å². The molecule has 0 spiro atoms. The molecule has 1 aromatic rings. The molecule has 0 fully saturated rings. The van der Waals surface area contributed by atoms with E-state index in [2.05, 4.69) is 15.9 Å². The lowest BCUT2D eigenvalue weighted by Crippen LogP contribution is -1.99. The van der Waals surface area contributed by atoms with Crippen molar-refractivity contribution < 1.29 is 13.9 Å². The van der Waals surface area contributed by atoms with Crippen molar-refractivity contribution in [2.75, 3.05) is 14.2 Å². The molecule has 0 N–H and O–H groups in total. The fourth-order valence-electron chi connectivity index (χ4n) is 1.42. The quantitative estimate of drug-likeness (QED) is 0.855. The van der Waals surface area contributed by atoms with Crippen molar-refractivity contribution in [1.82, 2.24) is 0 Å². The third-order valence-corrected chi connectivity index (χ3v) is 2.71. The van der Waals surface area contributed by atoms with Crippen molar-refractivity contribution in [3.8, 4) is 17.6 Å². The number of rotatable bonds is 4. The van der Waals surface area contributed by atoms with E-state index in [1.807, 2.05) is 6.07 Å². The second-order valence-electron chi connectivity index (χ2n) is 3.06. The highest BCUT2D eigenvalue weighted by atomic mass is 79.9. The van der Waals surface area contributed by atoms with Gasteiger partial charge in [-0.05, 0) is 34.0 Å². The highest BCUT2D eigenvalue weighted by Crippen LogP contribution is 2.37. The van der Waals surface area contributed by atoms with Crippen LogP contribution < -0.4 is 9.47 Å². The minimum Gasteiger partial charge on any atom is -0.493 e. The maximum atomic E-state index is 13.9. The average molecular weight is 288 g/mol. The van der Waals surface area contributed by atoms with Gasteiger partial charge in [-0.1, -0.05) is 0 Å². The van der Waals surface area contributed by atoms with Crippen molar-refractivity contribution in [1.29, 1.82) is 5.26 Å². The summed E-state index contributed by atoms with van der Waals surface area (Å²) in [6.45, 7) is 0. The molecule has 3 nitrogen and oxygen atoms in total. The van der Waals surface area contributed by atoms with Crippen molar-refractivity contribution in [2.45, 2.75) is 12.8 Å². The first kappa shape index (κ1) is 12.8. The van der Waals surface area contributed by atoms with Gasteiger partial charge in [-0.15, -0.1) is 0 Å². The third kappa shape index (κ3) is 2.45. The van der Waals surface area contributed by atoms with Crippen LogP contribution in [0.2, 0.25) is 0 Å². The van der Waals surface area contributed by atoms with E-state index in [0.717, 1.165) is 0 Å². The molecule has 0 radical (unpaired) electrons. The summed E-state index contributed by atoms with van der Waals surface area (Å²) in [6, 6.07) is 3.72. The molecule has 0 aliphatic rings. The Bertz CT molecular complexity index is 429. The second kappa shape index (κ2) is 5.71. The zero-order valence-electron chi connectivity index (χ0n) is 9.01. The lowest BCUT2D eigenvalue weighted by Gasteiger charge is -2.13. The van der Waals surface area contributed by atoms with Crippen LogP contribution >= 0.6 is 15.9 Å². The van der Waals surface area contributed by atoms with E-state index in [-0.39, 0.29) is 11.5 Å². The lowest BCUT2D eigenvalue weighted by molar-refractivity contribution is 0.345. The molecule has 5 heteroatoms. The van der Waals surface area contributed by atoms with Crippen LogP contribution in [0.4, 0.5) is 4.39 Å². The number of nitrogens with zero attached hydrogens (tertiary/aromatic N) is 1. The Balaban J connectivity index is 3.24. The van der Waals surface area contributed by atoms with Gasteiger partial charge < -0.3 is 9.47 Å².